The second-order valence-electron chi connectivity index (χ2n) is 3.60. The molecule has 0 N–H and O–H groups in total. The third kappa shape index (κ3) is 7.38. The fourth-order valence-electron chi connectivity index (χ4n) is 1.93. The van der Waals surface area contributed by atoms with Crippen molar-refractivity contribution in [1.82, 2.24) is 4.90 Å². The Bertz CT molecular complexity index is 133. The SMILES string of the molecule is CC.CC.CC.CC.CN1CCCCC12COC2. The molecule has 2 nitrogen and oxygen atoms in total. The zero-order valence-electron chi connectivity index (χ0n) is 14.6. The van der Waals surface area contributed by atoms with E-state index >= 15 is 0 Å². The molecule has 2 fully saturated rings. The summed E-state index contributed by atoms with van der Waals surface area (Å²) in [6.45, 7) is 19.2. The Kier molecular flexibility index (Phi) is 21.7. The smallest absolute Gasteiger partial charge is 0.0676 e. The quantitative estimate of drug-likeness (QED) is 0.610. The van der Waals surface area contributed by atoms with Crippen LogP contribution in [0.15, 0.2) is 0 Å². The van der Waals surface area contributed by atoms with E-state index < -0.39 is 0 Å². The first-order chi connectivity index (χ1) is 8.83. The number of likely N-dealkylation sites (N-methyl/N-ethyl adjacent to an activating group) is 1. The monoisotopic (exact) mass is 261 g/mol. The number of hydrogen-bond donors (Lipinski definition) is 0. The number of nitrogens with zero attached hydrogens (tertiary/aromatic N) is 1. The molecule has 0 atom stereocenters. The molecule has 0 aromatic carbocycles. The molecule has 0 aliphatic carbocycles. The molecule has 0 bridgehead atoms. The average molecular weight is 261 g/mol. The minimum Gasteiger partial charge on any atom is -0.377 e. The van der Waals surface area contributed by atoms with Crippen molar-refractivity contribution < 1.29 is 4.74 Å². The van der Waals surface area contributed by atoms with Gasteiger partial charge in [0.05, 0.1) is 18.8 Å². The van der Waals surface area contributed by atoms with Gasteiger partial charge in [0.1, 0.15) is 0 Å². The summed E-state index contributed by atoms with van der Waals surface area (Å²) in [5.41, 5.74) is 0.470. The molecule has 2 aliphatic rings. The van der Waals surface area contributed by atoms with E-state index in [9.17, 15) is 0 Å². The molecule has 0 amide bonds. The highest BCUT2D eigenvalue weighted by molar-refractivity contribution is 4.97. The second kappa shape index (κ2) is 16.9. The summed E-state index contributed by atoms with van der Waals surface area (Å²) in [7, 11) is 2.22. The molecule has 2 aliphatic heterocycles. The number of hydrogen-bond acceptors (Lipinski definition) is 2. The van der Waals surface area contributed by atoms with Crippen LogP contribution < -0.4 is 0 Å². The molecule has 0 radical (unpaired) electrons. The number of rotatable bonds is 0. The predicted molar refractivity (Wildman–Crippen MR) is 85.4 cm³/mol. The largest absolute Gasteiger partial charge is 0.377 e. The minimum absolute atomic E-state index is 0.470. The van der Waals surface area contributed by atoms with Crippen molar-refractivity contribution in [3.8, 4) is 0 Å². The van der Waals surface area contributed by atoms with Gasteiger partial charge >= 0.3 is 0 Å². The highest BCUT2D eigenvalue weighted by Gasteiger charge is 2.43. The standard InChI is InChI=1S/C8H15NO.4C2H6/c1-9-5-3-2-4-8(9)6-10-7-8;4*1-2/h2-7H2,1H3;4*1-2H3. The summed E-state index contributed by atoms with van der Waals surface area (Å²) in [5.74, 6) is 0. The third-order valence-electron chi connectivity index (χ3n) is 2.94. The average Bonchev–Trinajstić information content (AvgIpc) is 2.46. The number of likely N-dealkylation sites (tertiary alicyclic amines) is 1. The maximum Gasteiger partial charge on any atom is 0.0676 e. The first-order valence-electron chi connectivity index (χ1n) is 8.13. The molecule has 0 unspecified atom stereocenters. The number of piperidine rings is 1. The summed E-state index contributed by atoms with van der Waals surface area (Å²) in [5, 5.41) is 0. The highest BCUT2D eigenvalue weighted by Crippen LogP contribution is 2.32. The van der Waals surface area contributed by atoms with E-state index in [2.05, 4.69) is 11.9 Å². The number of ether oxygens (including phenoxy) is 1. The fraction of sp³-hybridized carbons (Fsp3) is 1.00. The van der Waals surface area contributed by atoms with Gasteiger partial charge in [-0.1, -0.05) is 61.8 Å². The van der Waals surface area contributed by atoms with E-state index in [4.69, 9.17) is 4.74 Å². The van der Waals surface area contributed by atoms with Crippen molar-refractivity contribution >= 4 is 0 Å². The van der Waals surface area contributed by atoms with E-state index in [0.29, 0.717) is 5.54 Å². The van der Waals surface area contributed by atoms with Crippen molar-refractivity contribution in [2.75, 3.05) is 26.8 Å². The molecule has 2 rings (SSSR count). The molecular weight excluding hydrogens is 222 g/mol. The first-order valence-corrected chi connectivity index (χ1v) is 8.13. The van der Waals surface area contributed by atoms with E-state index in [1.54, 1.807) is 0 Å². The molecule has 2 saturated heterocycles. The van der Waals surface area contributed by atoms with Crippen LogP contribution in [-0.4, -0.2) is 37.2 Å². The van der Waals surface area contributed by atoms with Crippen molar-refractivity contribution in [2.24, 2.45) is 0 Å². The summed E-state index contributed by atoms with van der Waals surface area (Å²) in [6.07, 6.45) is 4.12. The zero-order valence-corrected chi connectivity index (χ0v) is 14.6. The molecule has 1 spiro atoms. The van der Waals surface area contributed by atoms with Gasteiger partial charge in [-0.2, -0.15) is 0 Å². The second-order valence-corrected chi connectivity index (χ2v) is 3.60. The van der Waals surface area contributed by atoms with Crippen LogP contribution >= 0.6 is 0 Å². The van der Waals surface area contributed by atoms with Crippen LogP contribution in [0.4, 0.5) is 0 Å². The molecular formula is C16H39NO. The maximum atomic E-state index is 5.24. The Morgan fingerprint density at radius 3 is 1.44 bits per heavy atom. The first kappa shape index (κ1) is 23.0. The van der Waals surface area contributed by atoms with Crippen LogP contribution in [-0.2, 0) is 4.74 Å². The van der Waals surface area contributed by atoms with Crippen LogP contribution in [0.1, 0.15) is 74.7 Å². The van der Waals surface area contributed by atoms with Crippen molar-refractivity contribution in [3.05, 3.63) is 0 Å². The predicted octanol–water partition coefficient (Wildman–Crippen LogP) is 4.98. The lowest BCUT2D eigenvalue weighted by molar-refractivity contribution is -0.147. The molecule has 0 saturated carbocycles. The Hall–Kier alpha value is -0.0800. The third-order valence-corrected chi connectivity index (χ3v) is 2.94. The van der Waals surface area contributed by atoms with Crippen LogP contribution in [0, 0.1) is 0 Å². The summed E-state index contributed by atoms with van der Waals surface area (Å²) in [6, 6.07) is 0. The molecule has 114 valence electrons. The molecule has 2 heteroatoms. The highest BCUT2D eigenvalue weighted by atomic mass is 16.5. The van der Waals surface area contributed by atoms with Gasteiger partial charge in [-0.3, -0.25) is 4.90 Å². The van der Waals surface area contributed by atoms with Gasteiger partial charge in [-0.05, 0) is 26.4 Å². The van der Waals surface area contributed by atoms with Gasteiger partial charge in [0.2, 0.25) is 0 Å². The van der Waals surface area contributed by atoms with Crippen LogP contribution in [0.25, 0.3) is 0 Å². The molecule has 2 heterocycles. The Balaban J connectivity index is -0.000000244. The Morgan fingerprint density at radius 1 is 0.778 bits per heavy atom. The molecule has 0 aromatic heterocycles. The lowest BCUT2D eigenvalue weighted by Gasteiger charge is -2.50. The summed E-state index contributed by atoms with van der Waals surface area (Å²) in [4.78, 5) is 2.47. The Labute approximate surface area is 117 Å². The van der Waals surface area contributed by atoms with E-state index in [1.807, 2.05) is 55.4 Å². The van der Waals surface area contributed by atoms with Crippen LogP contribution in [0.2, 0.25) is 0 Å². The van der Waals surface area contributed by atoms with Crippen molar-refractivity contribution in [2.45, 2.75) is 80.2 Å². The fourth-order valence-corrected chi connectivity index (χ4v) is 1.93. The van der Waals surface area contributed by atoms with Gasteiger partial charge in [0, 0.05) is 0 Å². The van der Waals surface area contributed by atoms with Crippen LogP contribution in [0.3, 0.4) is 0 Å². The zero-order chi connectivity index (χ0) is 15.0. The lowest BCUT2D eigenvalue weighted by Crippen LogP contribution is -2.62. The van der Waals surface area contributed by atoms with Gasteiger partial charge in [0.25, 0.3) is 0 Å². The summed E-state index contributed by atoms with van der Waals surface area (Å²) >= 11 is 0. The minimum atomic E-state index is 0.470. The normalized spacial score (nSPS) is 19.2. The van der Waals surface area contributed by atoms with Crippen molar-refractivity contribution in [3.63, 3.8) is 0 Å². The van der Waals surface area contributed by atoms with Crippen LogP contribution in [0.5, 0.6) is 0 Å². The summed E-state index contributed by atoms with van der Waals surface area (Å²) < 4.78 is 5.24. The van der Waals surface area contributed by atoms with Gasteiger partial charge in [0.15, 0.2) is 0 Å². The van der Waals surface area contributed by atoms with E-state index in [-0.39, 0.29) is 0 Å². The maximum absolute atomic E-state index is 5.24. The van der Waals surface area contributed by atoms with Gasteiger partial charge in [-0.15, -0.1) is 0 Å². The van der Waals surface area contributed by atoms with E-state index in [0.717, 1.165) is 13.2 Å². The van der Waals surface area contributed by atoms with E-state index in [1.165, 1.54) is 25.8 Å². The molecule has 0 aromatic rings. The topological polar surface area (TPSA) is 12.5 Å². The molecule has 18 heavy (non-hydrogen) atoms. The van der Waals surface area contributed by atoms with Gasteiger partial charge in [-0.25, -0.2) is 0 Å². The van der Waals surface area contributed by atoms with Crippen molar-refractivity contribution in [1.29, 1.82) is 0 Å². The lowest BCUT2D eigenvalue weighted by atomic mass is 9.85. The van der Waals surface area contributed by atoms with Gasteiger partial charge < -0.3 is 4.74 Å². The Morgan fingerprint density at radius 2 is 1.22 bits per heavy atom.